The molecular weight excluding hydrogens is 530 g/mol. The molecule has 5 aromatic carbocycles. The molecule has 0 unspecified atom stereocenters. The lowest BCUT2D eigenvalue weighted by Crippen LogP contribution is -2.01. The van der Waals surface area contributed by atoms with E-state index in [2.05, 4.69) is 53.5 Å². The number of pyridine rings is 2. The first-order valence-corrected chi connectivity index (χ1v) is 14.1. The van der Waals surface area contributed by atoms with Crippen molar-refractivity contribution in [2.75, 3.05) is 0 Å². The van der Waals surface area contributed by atoms with E-state index in [0.29, 0.717) is 17.5 Å². The van der Waals surface area contributed by atoms with Gasteiger partial charge < -0.3 is 4.42 Å². The van der Waals surface area contributed by atoms with Crippen LogP contribution >= 0.6 is 0 Å². The molecule has 0 aliphatic rings. The molecule has 4 heterocycles. The highest BCUT2D eigenvalue weighted by molar-refractivity contribution is 6.21. The van der Waals surface area contributed by atoms with E-state index in [1.54, 1.807) is 6.20 Å². The molecule has 4 aromatic heterocycles. The summed E-state index contributed by atoms with van der Waals surface area (Å²) in [5.74, 6) is 1.72. The molecule has 0 atom stereocenters. The van der Waals surface area contributed by atoms with Gasteiger partial charge in [-0.25, -0.2) is 15.0 Å². The van der Waals surface area contributed by atoms with Crippen molar-refractivity contribution >= 4 is 54.3 Å². The fourth-order valence-electron chi connectivity index (χ4n) is 6.03. The number of aromatic nitrogens is 5. The summed E-state index contributed by atoms with van der Waals surface area (Å²) >= 11 is 0. The Morgan fingerprint density at radius 2 is 1.19 bits per heavy atom. The lowest BCUT2D eigenvalue weighted by atomic mass is 9.96. The highest BCUT2D eigenvalue weighted by Gasteiger charge is 2.17. The van der Waals surface area contributed by atoms with Crippen molar-refractivity contribution in [2.45, 2.75) is 0 Å². The maximum atomic E-state index is 6.16. The molecule has 6 heteroatoms. The molecule has 0 radical (unpaired) electrons. The van der Waals surface area contributed by atoms with Crippen molar-refractivity contribution in [3.8, 4) is 34.2 Å². The smallest absolute Gasteiger partial charge is 0.166 e. The second kappa shape index (κ2) is 9.26. The average Bonchev–Trinajstić information content (AvgIpc) is 3.46. The predicted octanol–water partition coefficient (Wildman–Crippen LogP) is 9.02. The van der Waals surface area contributed by atoms with Crippen LogP contribution in [-0.2, 0) is 0 Å². The maximum Gasteiger partial charge on any atom is 0.166 e. The largest absolute Gasteiger partial charge is 0.456 e. The molecule has 9 rings (SSSR count). The molecule has 200 valence electrons. The Balaban J connectivity index is 1.30. The van der Waals surface area contributed by atoms with E-state index in [9.17, 15) is 0 Å². The number of furan rings is 1. The van der Waals surface area contributed by atoms with Crippen molar-refractivity contribution in [1.29, 1.82) is 0 Å². The summed E-state index contributed by atoms with van der Waals surface area (Å²) in [5, 5.41) is 8.81. The van der Waals surface area contributed by atoms with Crippen LogP contribution in [0.3, 0.4) is 0 Å². The Morgan fingerprint density at radius 1 is 0.442 bits per heavy atom. The number of rotatable bonds is 3. The third-order valence-corrected chi connectivity index (χ3v) is 8.09. The monoisotopic (exact) mass is 551 g/mol. The summed E-state index contributed by atoms with van der Waals surface area (Å²) in [4.78, 5) is 23.9. The predicted molar refractivity (Wildman–Crippen MR) is 172 cm³/mol. The van der Waals surface area contributed by atoms with Crippen LogP contribution in [0.25, 0.3) is 88.4 Å². The molecule has 0 bridgehead atoms. The van der Waals surface area contributed by atoms with Gasteiger partial charge in [-0.3, -0.25) is 9.97 Å². The maximum absolute atomic E-state index is 6.16. The molecule has 43 heavy (non-hydrogen) atoms. The summed E-state index contributed by atoms with van der Waals surface area (Å²) in [5.41, 5.74) is 4.15. The van der Waals surface area contributed by atoms with Crippen LogP contribution < -0.4 is 0 Å². The molecular formula is C37H21N5O. The first kappa shape index (κ1) is 23.7. The van der Waals surface area contributed by atoms with Crippen LogP contribution in [0.2, 0.25) is 0 Å². The topological polar surface area (TPSA) is 77.6 Å². The zero-order valence-corrected chi connectivity index (χ0v) is 22.8. The summed E-state index contributed by atoms with van der Waals surface area (Å²) < 4.78 is 6.16. The highest BCUT2D eigenvalue weighted by atomic mass is 16.3. The van der Waals surface area contributed by atoms with Gasteiger partial charge in [-0.1, -0.05) is 84.9 Å². The third kappa shape index (κ3) is 3.77. The summed E-state index contributed by atoms with van der Waals surface area (Å²) in [6.45, 7) is 0. The first-order chi connectivity index (χ1) is 21.3. The Kier molecular flexibility index (Phi) is 5.10. The quantitative estimate of drug-likeness (QED) is 0.204. The molecule has 6 nitrogen and oxygen atoms in total. The Labute approximate surface area is 245 Å². The third-order valence-electron chi connectivity index (χ3n) is 8.09. The van der Waals surface area contributed by atoms with Gasteiger partial charge in [0, 0.05) is 57.6 Å². The number of fused-ring (bicyclic) bond motifs is 8. The summed E-state index contributed by atoms with van der Waals surface area (Å²) in [6, 6.07) is 35.0. The second-order valence-corrected chi connectivity index (χ2v) is 10.6. The molecule has 0 aliphatic heterocycles. The van der Waals surface area contributed by atoms with Crippen molar-refractivity contribution in [3.63, 3.8) is 0 Å². The van der Waals surface area contributed by atoms with E-state index >= 15 is 0 Å². The van der Waals surface area contributed by atoms with Gasteiger partial charge in [0.05, 0.1) is 0 Å². The molecule has 9 aromatic rings. The number of hydrogen-bond donors (Lipinski definition) is 0. The molecule has 0 saturated heterocycles. The van der Waals surface area contributed by atoms with Gasteiger partial charge in [-0.05, 0) is 45.1 Å². The Bertz CT molecular complexity index is 2520. The standard InChI is InChI=1S/C37H21N5O/c1-2-7-24(8-3-1)35-40-36(25-13-15-28-29-19-38-17-16-32(29)43-33(28)18-25)42-37(41-35)31-21-39-20-30-27(31)14-12-23-11-10-22-6-4-5-9-26(22)34(23)30/h1-21H. The Morgan fingerprint density at radius 3 is 2.12 bits per heavy atom. The Hall–Kier alpha value is -6.01. The van der Waals surface area contributed by atoms with Gasteiger partial charge in [0.15, 0.2) is 17.5 Å². The van der Waals surface area contributed by atoms with Crippen molar-refractivity contribution < 1.29 is 4.42 Å². The minimum absolute atomic E-state index is 0.563. The molecule has 0 spiro atoms. The minimum atomic E-state index is 0.563. The average molecular weight is 552 g/mol. The number of hydrogen-bond acceptors (Lipinski definition) is 6. The van der Waals surface area contributed by atoms with E-state index < -0.39 is 0 Å². The van der Waals surface area contributed by atoms with E-state index in [1.807, 2.05) is 73.2 Å². The molecule has 0 saturated carbocycles. The molecule has 0 fully saturated rings. The van der Waals surface area contributed by atoms with Crippen LogP contribution in [0, 0.1) is 0 Å². The number of benzene rings is 5. The van der Waals surface area contributed by atoms with Crippen LogP contribution in [-0.4, -0.2) is 24.9 Å². The SMILES string of the molecule is c1ccc(-c2nc(-c3ccc4c(c3)oc3ccncc34)nc(-c3cncc4c3ccc3ccc5ccccc5c34)n2)cc1. The lowest BCUT2D eigenvalue weighted by Gasteiger charge is -2.12. The van der Waals surface area contributed by atoms with Gasteiger partial charge >= 0.3 is 0 Å². The molecule has 0 aliphatic carbocycles. The number of nitrogens with zero attached hydrogens (tertiary/aromatic N) is 5. The van der Waals surface area contributed by atoms with Crippen molar-refractivity contribution in [2.24, 2.45) is 0 Å². The van der Waals surface area contributed by atoms with Gasteiger partial charge in [0.1, 0.15) is 11.2 Å². The van der Waals surface area contributed by atoms with Crippen LogP contribution in [0.5, 0.6) is 0 Å². The second-order valence-electron chi connectivity index (χ2n) is 10.6. The summed E-state index contributed by atoms with van der Waals surface area (Å²) in [6.07, 6.45) is 7.36. The van der Waals surface area contributed by atoms with E-state index in [4.69, 9.17) is 24.4 Å². The lowest BCUT2D eigenvalue weighted by molar-refractivity contribution is 0.668. The van der Waals surface area contributed by atoms with Crippen LogP contribution in [0.1, 0.15) is 0 Å². The fourth-order valence-corrected chi connectivity index (χ4v) is 6.03. The van der Waals surface area contributed by atoms with E-state index in [-0.39, 0.29) is 0 Å². The zero-order chi connectivity index (χ0) is 28.3. The van der Waals surface area contributed by atoms with Gasteiger partial charge in [-0.2, -0.15) is 0 Å². The summed E-state index contributed by atoms with van der Waals surface area (Å²) in [7, 11) is 0. The fraction of sp³-hybridized carbons (Fsp3) is 0. The highest BCUT2D eigenvalue weighted by Crippen LogP contribution is 2.37. The van der Waals surface area contributed by atoms with Crippen LogP contribution in [0.15, 0.2) is 132 Å². The van der Waals surface area contributed by atoms with Crippen molar-refractivity contribution in [3.05, 3.63) is 128 Å². The van der Waals surface area contributed by atoms with Crippen molar-refractivity contribution in [1.82, 2.24) is 24.9 Å². The van der Waals surface area contributed by atoms with Crippen LogP contribution in [0.4, 0.5) is 0 Å². The van der Waals surface area contributed by atoms with E-state index in [1.165, 1.54) is 21.5 Å². The molecule has 0 N–H and O–H groups in total. The zero-order valence-electron chi connectivity index (χ0n) is 22.8. The normalized spacial score (nSPS) is 11.7. The van der Waals surface area contributed by atoms with Gasteiger partial charge in [0.2, 0.25) is 0 Å². The molecule has 0 amide bonds. The van der Waals surface area contributed by atoms with E-state index in [0.717, 1.165) is 49.4 Å². The van der Waals surface area contributed by atoms with Gasteiger partial charge in [-0.15, -0.1) is 0 Å². The first-order valence-electron chi connectivity index (χ1n) is 14.1. The van der Waals surface area contributed by atoms with Gasteiger partial charge in [0.25, 0.3) is 0 Å². The minimum Gasteiger partial charge on any atom is -0.456 e.